The molecule has 10 heterocycles. The number of hydrogen-bond acceptors (Lipinski definition) is 24. The molecule has 2 unspecified atom stereocenters. The van der Waals surface area contributed by atoms with Gasteiger partial charge in [-0.1, -0.05) is 81.4 Å². The molecule has 8 amide bonds. The standard InChI is InChI=1S/C39H39ClN6O8S.C20H24N2O7.C19H17ClN4O2S.2CH4/c1-21-22(2)55-39-32(21)34(24-9-11-25(40)12-10-24)41-28(35-44-43-23(3)45(35)39)20-26(47)6-5-15-52-16-17-53-18-19-54-30-8-4-7-27-33(30)38(51)46(37(27)50)29-13-14-31(48)42-36(29)49;1-2-8-27-9-10-28-11-12-29-15-5-3-4-13-17(15)20(26)22(19(13)25)14-6-7-16(23)21-18(14)24;1-9-10(2)27-19-16(9)17(12-4-6-13(20)7-5-12)21-14(8-15(25)26)18-23-22-11(3)24(18)19;;/h4,7-12,28-29H,5-6,13-20H2,1-3H3,(H,42,48,49);3-5,14H,2,6-12H2,1H3,(H,21,23,24);4-7,14H,8H2,1-3H3,(H,25,26);2*1H4/t28-,29?;;14-;;/m0.0../s1. The summed E-state index contributed by atoms with van der Waals surface area (Å²) in [7, 11) is 0. The molecule has 6 aliphatic heterocycles. The number of amides is 8. The van der Waals surface area contributed by atoms with Crippen LogP contribution < -0.4 is 20.1 Å². The average molecular weight is 1620 g/mol. The molecule has 0 radical (unpaired) electrons. The number of rotatable bonds is 28. The minimum atomic E-state index is -1.06. The number of aryl methyl sites for hydroxylation is 4. The fourth-order valence-corrected chi connectivity index (χ4v) is 16.2. The Labute approximate surface area is 670 Å². The number of carboxylic acids is 1. The second-order valence-electron chi connectivity index (χ2n) is 26.7. The molecule has 33 heteroatoms. The second-order valence-corrected chi connectivity index (χ2v) is 29.9. The first-order chi connectivity index (χ1) is 53.4. The zero-order valence-corrected chi connectivity index (χ0v) is 65.0. The van der Waals surface area contributed by atoms with Crippen LogP contribution in [0.3, 0.4) is 0 Å². The van der Waals surface area contributed by atoms with E-state index in [0.717, 1.165) is 82.7 Å². The number of carboxylic acid groups (broad SMARTS) is 1. The Kier molecular flexibility index (Phi) is 28.6. The fraction of sp³-hybridized carbons (Fsp3) is 0.400. The normalized spacial score (nSPS) is 17.2. The van der Waals surface area contributed by atoms with Crippen molar-refractivity contribution >= 4 is 116 Å². The molecule has 4 aromatic heterocycles. The molecule has 6 aliphatic rings. The maximum Gasteiger partial charge on any atom is 0.306 e. The van der Waals surface area contributed by atoms with Crippen LogP contribution in [0, 0.1) is 41.5 Å². The van der Waals surface area contributed by atoms with E-state index in [9.17, 15) is 53.1 Å². The summed E-state index contributed by atoms with van der Waals surface area (Å²) in [4.78, 5) is 138. The van der Waals surface area contributed by atoms with Crippen LogP contribution in [0.25, 0.3) is 10.0 Å². The number of carbonyl (C=O) groups is 10. The number of ketones is 1. The number of carbonyl (C=O) groups excluding carboxylic acids is 9. The maximum absolute atomic E-state index is 13.3. The van der Waals surface area contributed by atoms with Crippen LogP contribution in [0.5, 0.6) is 11.5 Å². The molecule has 4 atom stereocenters. The van der Waals surface area contributed by atoms with Gasteiger partial charge in [-0.3, -0.25) is 87.5 Å². The number of halogens is 2. The van der Waals surface area contributed by atoms with Gasteiger partial charge in [-0.25, -0.2) is 0 Å². The van der Waals surface area contributed by atoms with Gasteiger partial charge >= 0.3 is 5.97 Å². The van der Waals surface area contributed by atoms with Crippen molar-refractivity contribution in [2.24, 2.45) is 9.98 Å². The van der Waals surface area contributed by atoms with Crippen LogP contribution in [0.1, 0.15) is 200 Å². The molecular weight excluding hydrogens is 1540 g/mol. The van der Waals surface area contributed by atoms with E-state index in [1.165, 1.54) is 21.9 Å². The van der Waals surface area contributed by atoms with Crippen molar-refractivity contribution in [3.05, 3.63) is 184 Å². The zero-order chi connectivity index (χ0) is 78.9. The Morgan fingerprint density at radius 2 is 0.903 bits per heavy atom. The zero-order valence-electron chi connectivity index (χ0n) is 61.9. The second kappa shape index (κ2) is 38.0. The number of nitrogens with zero attached hydrogens (tertiary/aromatic N) is 10. The topological polar surface area (TPSA) is 363 Å². The first-order valence-corrected chi connectivity index (χ1v) is 38.5. The Bertz CT molecular complexity index is 5030. The van der Waals surface area contributed by atoms with Gasteiger partial charge in [0.1, 0.15) is 76.3 Å². The first-order valence-electron chi connectivity index (χ1n) is 36.2. The van der Waals surface area contributed by atoms with Gasteiger partial charge in [0.2, 0.25) is 23.6 Å². The monoisotopic (exact) mass is 1620 g/mol. The van der Waals surface area contributed by atoms with Gasteiger partial charge in [-0.15, -0.1) is 43.1 Å². The molecular formula is C80H88Cl2N12O17S2. The van der Waals surface area contributed by atoms with Crippen molar-refractivity contribution in [3.63, 3.8) is 0 Å². The fourth-order valence-electron chi connectivity index (χ4n) is 13.5. The quantitative estimate of drug-likeness (QED) is 0.0303. The van der Waals surface area contributed by atoms with E-state index in [-0.39, 0.29) is 119 Å². The van der Waals surface area contributed by atoms with Crippen LogP contribution >= 0.6 is 45.9 Å². The Hall–Kier alpha value is -10.4. The van der Waals surface area contributed by atoms with E-state index in [0.29, 0.717) is 74.2 Å². The lowest BCUT2D eigenvalue weighted by Crippen LogP contribution is -2.54. The number of aliphatic imine (C=N–C) groups is 2. The van der Waals surface area contributed by atoms with Crippen molar-refractivity contribution in [1.82, 2.24) is 50.0 Å². The van der Waals surface area contributed by atoms with Crippen molar-refractivity contribution in [1.29, 1.82) is 0 Å². The molecule has 596 valence electrons. The molecule has 0 spiro atoms. The molecule has 0 saturated carbocycles. The SMILES string of the molecule is C.C.CCCOCCOCCOc1cccc2c1C(=O)N(C1CCC(=O)NC1=O)C2=O.Cc1sc2c(c1C)C(c1ccc(Cl)cc1)=N[C@@H](CC(=O)CCCOCCOCCOc1cccc3c1C(=O)N(C1CCC(=O)NC1=O)C3=O)c1nnc(C)n1-2.Cc1sc2c(c1C)C(c1ccc(Cl)cc1)=N[C@@H](CC(=O)O)c1nnc(C)n1-2. The molecule has 29 nitrogen and oxygen atoms in total. The summed E-state index contributed by atoms with van der Waals surface area (Å²) in [5, 5.41) is 34.3. The summed E-state index contributed by atoms with van der Waals surface area (Å²) in [5.41, 5.74) is 8.19. The van der Waals surface area contributed by atoms with E-state index in [4.69, 9.17) is 61.6 Å². The number of ether oxygens (including phenoxy) is 6. The van der Waals surface area contributed by atoms with E-state index < -0.39 is 77.4 Å². The Balaban J connectivity index is 0.000000196. The van der Waals surface area contributed by atoms with Gasteiger partial charge in [0, 0.05) is 81.0 Å². The molecule has 8 aromatic rings. The van der Waals surface area contributed by atoms with Crippen molar-refractivity contribution in [3.8, 4) is 21.5 Å². The molecule has 4 aromatic carbocycles. The highest BCUT2D eigenvalue weighted by atomic mass is 35.5. The van der Waals surface area contributed by atoms with Gasteiger partial charge in [-0.05, 0) is 127 Å². The molecule has 0 aliphatic carbocycles. The number of hydrogen-bond donors (Lipinski definition) is 3. The minimum absolute atomic E-state index is 0. The highest BCUT2D eigenvalue weighted by Gasteiger charge is 2.48. The van der Waals surface area contributed by atoms with Gasteiger partial charge in [0.15, 0.2) is 11.6 Å². The van der Waals surface area contributed by atoms with Gasteiger partial charge in [0.25, 0.3) is 23.6 Å². The van der Waals surface area contributed by atoms with Gasteiger partial charge < -0.3 is 33.5 Å². The summed E-state index contributed by atoms with van der Waals surface area (Å²) in [6.07, 6.45) is 2.11. The molecule has 14 rings (SSSR count). The maximum atomic E-state index is 13.3. The number of piperidine rings is 2. The van der Waals surface area contributed by atoms with Crippen LogP contribution in [0.15, 0.2) is 94.9 Å². The van der Waals surface area contributed by atoms with Crippen molar-refractivity contribution < 1.29 is 81.5 Å². The summed E-state index contributed by atoms with van der Waals surface area (Å²) >= 11 is 15.6. The number of imide groups is 4. The summed E-state index contributed by atoms with van der Waals surface area (Å²) in [5.74, 6) is -2.31. The number of benzene rings is 4. The minimum Gasteiger partial charge on any atom is -0.490 e. The van der Waals surface area contributed by atoms with Crippen LogP contribution in [0.4, 0.5) is 0 Å². The van der Waals surface area contributed by atoms with E-state index in [1.54, 1.807) is 46.9 Å². The third-order valence-corrected chi connectivity index (χ3v) is 22.1. The lowest BCUT2D eigenvalue weighted by Gasteiger charge is -2.27. The number of Topliss-reactive ketones (excluding diaryl/α,β-unsaturated/α-hetero) is 1. The third-order valence-electron chi connectivity index (χ3n) is 19.2. The first kappa shape index (κ1) is 85.1. The van der Waals surface area contributed by atoms with Crippen LogP contribution in [0.2, 0.25) is 10.0 Å². The number of nitrogens with one attached hydrogen (secondary N) is 2. The van der Waals surface area contributed by atoms with Crippen molar-refractivity contribution in [2.75, 3.05) is 66.1 Å². The number of thiophene rings is 2. The molecule has 3 N–H and O–H groups in total. The number of fused-ring (bicyclic) bond motifs is 8. The molecule has 2 saturated heterocycles. The van der Waals surface area contributed by atoms with Gasteiger partial charge in [0.05, 0.1) is 79.7 Å². The largest absolute Gasteiger partial charge is 0.490 e. The lowest BCUT2D eigenvalue weighted by atomic mass is 9.99. The third kappa shape index (κ3) is 18.6. The van der Waals surface area contributed by atoms with E-state index >= 15 is 0 Å². The number of aliphatic carboxylic acids is 1. The van der Waals surface area contributed by atoms with E-state index in [1.807, 2.05) is 78.4 Å². The average Bonchev–Trinajstić information content (AvgIpc) is 1.62. The summed E-state index contributed by atoms with van der Waals surface area (Å²) in [6, 6.07) is 21.3. The predicted octanol–water partition coefficient (Wildman–Crippen LogP) is 11.5. The van der Waals surface area contributed by atoms with Gasteiger partial charge in [-0.2, -0.15) is 0 Å². The number of aromatic nitrogens is 6. The summed E-state index contributed by atoms with van der Waals surface area (Å²) < 4.78 is 37.5. The molecule has 113 heavy (non-hydrogen) atoms. The van der Waals surface area contributed by atoms with Crippen LogP contribution in [-0.4, -0.2) is 193 Å². The van der Waals surface area contributed by atoms with E-state index in [2.05, 4.69) is 58.7 Å². The highest BCUT2D eigenvalue weighted by Crippen LogP contribution is 2.43. The highest BCUT2D eigenvalue weighted by molar-refractivity contribution is 7.15. The van der Waals surface area contributed by atoms with Crippen LogP contribution in [-0.2, 0) is 47.7 Å². The summed E-state index contributed by atoms with van der Waals surface area (Å²) in [6.45, 7) is 17.5. The smallest absolute Gasteiger partial charge is 0.306 e. The lowest BCUT2D eigenvalue weighted by molar-refractivity contribution is -0.138. The Morgan fingerprint density at radius 3 is 1.31 bits per heavy atom. The molecule has 0 bridgehead atoms. The van der Waals surface area contributed by atoms with Crippen molar-refractivity contribution in [2.45, 2.75) is 145 Å². The Morgan fingerprint density at radius 1 is 0.504 bits per heavy atom. The predicted molar refractivity (Wildman–Crippen MR) is 422 cm³/mol. The molecule has 2 fully saturated rings.